The minimum atomic E-state index is 0.0190. The molecule has 0 atom stereocenters. The van der Waals surface area contributed by atoms with Gasteiger partial charge in [0.1, 0.15) is 13.2 Å². The molecule has 2 heterocycles. The summed E-state index contributed by atoms with van der Waals surface area (Å²) in [6.07, 6.45) is 0. The molecule has 0 radical (unpaired) electrons. The first kappa shape index (κ1) is 15.1. The molecule has 2 aliphatic heterocycles. The van der Waals surface area contributed by atoms with E-state index in [4.69, 9.17) is 9.47 Å². The van der Waals surface area contributed by atoms with Crippen molar-refractivity contribution in [1.82, 2.24) is 0 Å². The number of rotatable bonds is 1. The number of anilines is 1. The van der Waals surface area contributed by atoms with Gasteiger partial charge in [-0.2, -0.15) is 0 Å². The van der Waals surface area contributed by atoms with Gasteiger partial charge in [-0.1, -0.05) is 32.9 Å². The Morgan fingerprint density at radius 1 is 0.958 bits per heavy atom. The Morgan fingerprint density at radius 3 is 2.21 bits per heavy atom. The van der Waals surface area contributed by atoms with Crippen LogP contribution in [0.1, 0.15) is 42.3 Å². The van der Waals surface area contributed by atoms with Gasteiger partial charge >= 0.3 is 0 Å². The van der Waals surface area contributed by atoms with E-state index in [-0.39, 0.29) is 11.3 Å². The fraction of sp³-hybridized carbons (Fsp3) is 0.350. The van der Waals surface area contributed by atoms with Crippen molar-refractivity contribution in [3.63, 3.8) is 0 Å². The van der Waals surface area contributed by atoms with E-state index < -0.39 is 0 Å². The zero-order valence-corrected chi connectivity index (χ0v) is 14.3. The van der Waals surface area contributed by atoms with Gasteiger partial charge in [0.15, 0.2) is 11.5 Å². The number of hydrogen-bond acceptors (Lipinski definition) is 3. The second kappa shape index (κ2) is 5.26. The van der Waals surface area contributed by atoms with Crippen molar-refractivity contribution in [3.05, 3.63) is 53.1 Å². The van der Waals surface area contributed by atoms with Crippen molar-refractivity contribution >= 4 is 11.6 Å². The van der Waals surface area contributed by atoms with Gasteiger partial charge in [-0.05, 0) is 40.8 Å². The molecule has 2 aromatic rings. The number of carbonyl (C=O) groups excluding carboxylic acids is 1. The molecule has 4 nitrogen and oxygen atoms in total. The van der Waals surface area contributed by atoms with Gasteiger partial charge in [-0.25, -0.2) is 0 Å². The van der Waals surface area contributed by atoms with E-state index in [2.05, 4.69) is 32.9 Å². The molecule has 0 aliphatic carbocycles. The van der Waals surface area contributed by atoms with Crippen LogP contribution in [0.4, 0.5) is 5.69 Å². The Labute approximate surface area is 142 Å². The lowest BCUT2D eigenvalue weighted by Crippen LogP contribution is -2.23. The molecule has 0 bridgehead atoms. The van der Waals surface area contributed by atoms with Crippen LogP contribution in [0, 0.1) is 0 Å². The average Bonchev–Trinajstić information content (AvgIpc) is 2.88. The molecule has 24 heavy (non-hydrogen) atoms. The van der Waals surface area contributed by atoms with E-state index in [0.29, 0.717) is 31.1 Å². The van der Waals surface area contributed by atoms with Crippen LogP contribution in [0.5, 0.6) is 11.5 Å². The maximum Gasteiger partial charge on any atom is 0.259 e. The summed E-state index contributed by atoms with van der Waals surface area (Å²) in [6, 6.07) is 12.0. The number of nitrogens with zero attached hydrogens (tertiary/aromatic N) is 1. The molecule has 4 heteroatoms. The summed E-state index contributed by atoms with van der Waals surface area (Å²) in [6.45, 7) is 8.20. The Hall–Kier alpha value is -2.49. The first-order valence-electron chi connectivity index (χ1n) is 8.28. The number of hydrogen-bond donors (Lipinski definition) is 0. The summed E-state index contributed by atoms with van der Waals surface area (Å²) in [5.74, 6) is 1.42. The van der Waals surface area contributed by atoms with Crippen LogP contribution >= 0.6 is 0 Å². The molecule has 2 aliphatic rings. The van der Waals surface area contributed by atoms with Crippen LogP contribution in [-0.4, -0.2) is 19.1 Å². The minimum absolute atomic E-state index is 0.0190. The van der Waals surface area contributed by atoms with Gasteiger partial charge < -0.3 is 14.4 Å². The molecule has 0 N–H and O–H groups in total. The first-order chi connectivity index (χ1) is 11.4. The molecule has 0 spiro atoms. The van der Waals surface area contributed by atoms with Crippen molar-refractivity contribution in [3.8, 4) is 11.5 Å². The van der Waals surface area contributed by atoms with Crippen LogP contribution in [0.25, 0.3) is 0 Å². The molecule has 0 saturated carbocycles. The smallest absolute Gasteiger partial charge is 0.259 e. The highest BCUT2D eigenvalue weighted by atomic mass is 16.6. The van der Waals surface area contributed by atoms with Crippen LogP contribution in [0.15, 0.2) is 36.4 Å². The van der Waals surface area contributed by atoms with Gasteiger partial charge in [0.25, 0.3) is 5.91 Å². The third kappa shape index (κ3) is 2.42. The van der Waals surface area contributed by atoms with Gasteiger partial charge in [-0.3, -0.25) is 4.79 Å². The highest BCUT2D eigenvalue weighted by Crippen LogP contribution is 2.38. The van der Waals surface area contributed by atoms with E-state index in [0.717, 1.165) is 17.0 Å². The summed E-state index contributed by atoms with van der Waals surface area (Å²) in [5, 5.41) is 0. The molecule has 0 fully saturated rings. The van der Waals surface area contributed by atoms with E-state index in [9.17, 15) is 4.79 Å². The van der Waals surface area contributed by atoms with Crippen LogP contribution in [0.3, 0.4) is 0 Å². The molecular formula is C20H21NO3. The molecular weight excluding hydrogens is 302 g/mol. The number of carbonyl (C=O) groups is 1. The van der Waals surface area contributed by atoms with Crippen molar-refractivity contribution in [1.29, 1.82) is 0 Å². The lowest BCUT2D eigenvalue weighted by atomic mass is 9.87. The van der Waals surface area contributed by atoms with Crippen molar-refractivity contribution in [2.45, 2.75) is 32.7 Å². The summed E-state index contributed by atoms with van der Waals surface area (Å²) >= 11 is 0. The molecule has 2 aromatic carbocycles. The number of amides is 1. The molecule has 1 amide bonds. The minimum Gasteiger partial charge on any atom is -0.486 e. The number of fused-ring (bicyclic) bond motifs is 2. The van der Waals surface area contributed by atoms with Crippen LogP contribution in [0.2, 0.25) is 0 Å². The first-order valence-corrected chi connectivity index (χ1v) is 8.28. The molecule has 0 unspecified atom stereocenters. The highest BCUT2D eigenvalue weighted by Gasteiger charge is 2.31. The maximum absolute atomic E-state index is 12.8. The van der Waals surface area contributed by atoms with Crippen molar-refractivity contribution in [2.75, 3.05) is 18.1 Å². The summed E-state index contributed by atoms with van der Waals surface area (Å²) in [4.78, 5) is 14.6. The zero-order chi connectivity index (χ0) is 16.9. The molecule has 124 valence electrons. The van der Waals surface area contributed by atoms with Gasteiger partial charge in [0, 0.05) is 11.3 Å². The Kier molecular flexibility index (Phi) is 3.30. The monoisotopic (exact) mass is 323 g/mol. The lowest BCUT2D eigenvalue weighted by molar-refractivity contribution is 0.0996. The molecule has 4 rings (SSSR count). The van der Waals surface area contributed by atoms with Crippen LogP contribution < -0.4 is 14.4 Å². The Balaban J connectivity index is 1.65. The average molecular weight is 323 g/mol. The quantitative estimate of drug-likeness (QED) is 0.798. The van der Waals surface area contributed by atoms with Crippen LogP contribution in [-0.2, 0) is 12.0 Å². The summed E-state index contributed by atoms with van der Waals surface area (Å²) in [5.41, 5.74) is 3.98. The third-order valence-corrected chi connectivity index (χ3v) is 4.62. The van der Waals surface area contributed by atoms with E-state index in [1.807, 2.05) is 29.2 Å². The van der Waals surface area contributed by atoms with E-state index in [1.54, 1.807) is 0 Å². The standard InChI is InChI=1S/C20H21NO3/c1-20(2,3)14-4-6-15(7-5-14)21-12-13-10-17-18(24-9-8-23-17)11-16(13)19(21)22/h4-7,10-11H,8-9,12H2,1-3H3. The fourth-order valence-electron chi connectivity index (χ4n) is 3.20. The van der Waals surface area contributed by atoms with Gasteiger partial charge in [0.05, 0.1) is 6.54 Å². The Bertz CT molecular complexity index is 803. The van der Waals surface area contributed by atoms with E-state index >= 15 is 0 Å². The third-order valence-electron chi connectivity index (χ3n) is 4.62. The maximum atomic E-state index is 12.8. The zero-order valence-electron chi connectivity index (χ0n) is 14.3. The SMILES string of the molecule is CC(C)(C)c1ccc(N2Cc3cc4c(cc3C2=O)OCCO4)cc1. The second-order valence-corrected chi connectivity index (χ2v) is 7.34. The second-order valence-electron chi connectivity index (χ2n) is 7.34. The normalized spacial score (nSPS) is 16.3. The molecule has 0 aromatic heterocycles. The number of ether oxygens (including phenoxy) is 2. The summed E-state index contributed by atoms with van der Waals surface area (Å²) < 4.78 is 11.2. The molecule has 0 saturated heterocycles. The largest absolute Gasteiger partial charge is 0.486 e. The van der Waals surface area contributed by atoms with E-state index in [1.165, 1.54) is 5.56 Å². The topological polar surface area (TPSA) is 38.8 Å². The van der Waals surface area contributed by atoms with Crippen molar-refractivity contribution < 1.29 is 14.3 Å². The predicted octanol–water partition coefficient (Wildman–Crippen LogP) is 3.92. The summed E-state index contributed by atoms with van der Waals surface area (Å²) in [7, 11) is 0. The Morgan fingerprint density at radius 2 is 1.58 bits per heavy atom. The number of benzene rings is 2. The highest BCUT2D eigenvalue weighted by molar-refractivity contribution is 6.10. The predicted molar refractivity (Wildman–Crippen MR) is 93.1 cm³/mol. The lowest BCUT2D eigenvalue weighted by Gasteiger charge is -2.21. The van der Waals surface area contributed by atoms with Gasteiger partial charge in [-0.15, -0.1) is 0 Å². The fourth-order valence-corrected chi connectivity index (χ4v) is 3.20. The van der Waals surface area contributed by atoms with Gasteiger partial charge in [0.2, 0.25) is 0 Å². The van der Waals surface area contributed by atoms with Crippen molar-refractivity contribution in [2.24, 2.45) is 0 Å².